The molecule has 0 bridgehead atoms. The molecule has 9 heteroatoms. The first-order valence-electron chi connectivity index (χ1n) is 6.79. The second-order valence-electron chi connectivity index (χ2n) is 4.50. The summed E-state index contributed by atoms with van der Waals surface area (Å²) in [5.74, 6) is -0.452. The van der Waals surface area contributed by atoms with Gasteiger partial charge in [0.2, 0.25) is 5.13 Å². The Bertz CT molecular complexity index is 718. The highest BCUT2D eigenvalue weighted by Crippen LogP contribution is 2.26. The van der Waals surface area contributed by atoms with Gasteiger partial charge in [0.15, 0.2) is 4.34 Å². The van der Waals surface area contributed by atoms with Gasteiger partial charge in [-0.1, -0.05) is 29.2 Å². The SMILES string of the molecule is CCOC(=O)CSc1nnc(NC(=O)c2cc(N)ccc2C)s1. The highest BCUT2D eigenvalue weighted by atomic mass is 32.2. The average molecular weight is 352 g/mol. The van der Waals surface area contributed by atoms with E-state index in [1.165, 1.54) is 23.1 Å². The van der Waals surface area contributed by atoms with Crippen LogP contribution in [0.4, 0.5) is 10.8 Å². The predicted octanol–water partition coefficient (Wildman–Crippen LogP) is 2.34. The van der Waals surface area contributed by atoms with Crippen LogP contribution in [0.3, 0.4) is 0 Å². The third-order valence-electron chi connectivity index (χ3n) is 2.75. The first-order valence-corrected chi connectivity index (χ1v) is 8.59. The molecule has 0 saturated heterocycles. The van der Waals surface area contributed by atoms with Crippen molar-refractivity contribution >= 4 is 45.8 Å². The predicted molar refractivity (Wildman–Crippen MR) is 90.8 cm³/mol. The van der Waals surface area contributed by atoms with E-state index >= 15 is 0 Å². The summed E-state index contributed by atoms with van der Waals surface area (Å²) in [7, 11) is 0. The maximum Gasteiger partial charge on any atom is 0.316 e. The van der Waals surface area contributed by atoms with E-state index in [4.69, 9.17) is 10.5 Å². The molecule has 0 spiro atoms. The molecule has 3 N–H and O–H groups in total. The Hall–Kier alpha value is -2.13. The minimum absolute atomic E-state index is 0.157. The number of rotatable bonds is 6. The van der Waals surface area contributed by atoms with E-state index in [1.807, 2.05) is 6.92 Å². The standard InChI is InChI=1S/C14H16N4O3S2/c1-3-21-11(19)7-22-14-18-17-13(23-14)16-12(20)10-6-9(15)5-4-8(10)2/h4-6H,3,7,15H2,1-2H3,(H,16,17,20). The lowest BCUT2D eigenvalue weighted by Crippen LogP contribution is -2.13. The number of amides is 1. The molecule has 0 unspecified atom stereocenters. The highest BCUT2D eigenvalue weighted by Gasteiger charge is 2.14. The fourth-order valence-corrected chi connectivity index (χ4v) is 3.24. The van der Waals surface area contributed by atoms with Gasteiger partial charge in [0, 0.05) is 11.3 Å². The number of thioether (sulfide) groups is 1. The van der Waals surface area contributed by atoms with E-state index in [2.05, 4.69) is 15.5 Å². The third-order valence-corrected chi connectivity index (χ3v) is 4.70. The lowest BCUT2D eigenvalue weighted by Gasteiger charge is -2.05. The van der Waals surface area contributed by atoms with Crippen molar-refractivity contribution in [1.82, 2.24) is 10.2 Å². The molecule has 23 heavy (non-hydrogen) atoms. The van der Waals surface area contributed by atoms with Crippen molar-refractivity contribution in [3.63, 3.8) is 0 Å². The first-order chi connectivity index (χ1) is 11.0. The van der Waals surface area contributed by atoms with Crippen LogP contribution >= 0.6 is 23.1 Å². The van der Waals surface area contributed by atoms with Crippen molar-refractivity contribution < 1.29 is 14.3 Å². The molecule has 122 valence electrons. The molecule has 0 saturated carbocycles. The maximum atomic E-state index is 12.2. The second kappa shape index (κ2) is 7.93. The van der Waals surface area contributed by atoms with Crippen molar-refractivity contribution in [3.8, 4) is 0 Å². The van der Waals surface area contributed by atoms with Crippen molar-refractivity contribution in [2.24, 2.45) is 0 Å². The zero-order valence-electron chi connectivity index (χ0n) is 12.7. The number of aryl methyl sites for hydroxylation is 1. The summed E-state index contributed by atoms with van der Waals surface area (Å²) in [6.45, 7) is 3.92. The Balaban J connectivity index is 1.97. The van der Waals surface area contributed by atoms with Gasteiger partial charge in [-0.05, 0) is 31.5 Å². The third kappa shape index (κ3) is 4.93. The number of nitrogens with zero attached hydrogens (tertiary/aromatic N) is 2. The zero-order chi connectivity index (χ0) is 16.8. The van der Waals surface area contributed by atoms with Crippen molar-refractivity contribution in [2.75, 3.05) is 23.4 Å². The minimum Gasteiger partial charge on any atom is -0.465 e. The van der Waals surface area contributed by atoms with Gasteiger partial charge in [-0.25, -0.2) is 0 Å². The molecule has 2 aromatic rings. The topological polar surface area (TPSA) is 107 Å². The van der Waals surface area contributed by atoms with Crippen LogP contribution in [0.2, 0.25) is 0 Å². The summed E-state index contributed by atoms with van der Waals surface area (Å²) in [6, 6.07) is 5.13. The Morgan fingerprint density at radius 1 is 1.39 bits per heavy atom. The van der Waals surface area contributed by atoms with Gasteiger partial charge >= 0.3 is 5.97 Å². The maximum absolute atomic E-state index is 12.2. The summed E-state index contributed by atoms with van der Waals surface area (Å²) >= 11 is 2.41. The van der Waals surface area contributed by atoms with E-state index in [-0.39, 0.29) is 17.6 Å². The molecule has 2 rings (SSSR count). The first kappa shape index (κ1) is 17.2. The van der Waals surface area contributed by atoms with E-state index in [0.29, 0.717) is 27.3 Å². The summed E-state index contributed by atoms with van der Waals surface area (Å²) in [5, 5.41) is 10.9. The molecule has 0 atom stereocenters. The van der Waals surface area contributed by atoms with Crippen LogP contribution in [-0.2, 0) is 9.53 Å². The number of anilines is 2. The van der Waals surface area contributed by atoms with Crippen LogP contribution in [0.1, 0.15) is 22.8 Å². The number of benzene rings is 1. The number of hydrogen-bond acceptors (Lipinski definition) is 8. The number of ether oxygens (including phenoxy) is 1. The molecule has 0 aliphatic rings. The van der Waals surface area contributed by atoms with Crippen molar-refractivity contribution in [2.45, 2.75) is 18.2 Å². The lowest BCUT2D eigenvalue weighted by atomic mass is 10.1. The molecule has 1 aromatic heterocycles. The van der Waals surface area contributed by atoms with Crippen molar-refractivity contribution in [3.05, 3.63) is 29.3 Å². The van der Waals surface area contributed by atoms with Gasteiger partial charge < -0.3 is 10.5 Å². The van der Waals surface area contributed by atoms with Crippen LogP contribution in [0, 0.1) is 6.92 Å². The molecule has 0 aliphatic heterocycles. The molecular formula is C14H16N4O3S2. The molecule has 7 nitrogen and oxygen atoms in total. The number of hydrogen-bond donors (Lipinski definition) is 2. The van der Waals surface area contributed by atoms with Crippen LogP contribution in [0.25, 0.3) is 0 Å². The fourth-order valence-electron chi connectivity index (χ4n) is 1.69. The second-order valence-corrected chi connectivity index (χ2v) is 6.70. The van der Waals surface area contributed by atoms with E-state index in [1.54, 1.807) is 25.1 Å². The summed E-state index contributed by atoms with van der Waals surface area (Å²) in [5.41, 5.74) is 7.52. The van der Waals surface area contributed by atoms with Crippen LogP contribution < -0.4 is 11.1 Å². The number of carbonyl (C=O) groups is 2. The molecule has 0 fully saturated rings. The molecule has 0 radical (unpaired) electrons. The Morgan fingerprint density at radius 2 is 2.17 bits per heavy atom. The quantitative estimate of drug-likeness (QED) is 0.355. The number of nitrogen functional groups attached to an aromatic ring is 1. The molecule has 0 aliphatic carbocycles. The Kier molecular flexibility index (Phi) is 5.94. The monoisotopic (exact) mass is 352 g/mol. The molecular weight excluding hydrogens is 336 g/mol. The van der Waals surface area contributed by atoms with E-state index in [0.717, 1.165) is 5.56 Å². The summed E-state index contributed by atoms with van der Waals surface area (Å²) in [4.78, 5) is 23.5. The molecule has 1 aromatic carbocycles. The van der Waals surface area contributed by atoms with Gasteiger partial charge in [0.25, 0.3) is 5.91 Å². The van der Waals surface area contributed by atoms with Crippen LogP contribution in [0.5, 0.6) is 0 Å². The van der Waals surface area contributed by atoms with Crippen LogP contribution in [-0.4, -0.2) is 34.4 Å². The van der Waals surface area contributed by atoms with Gasteiger partial charge in [0.05, 0.1) is 12.4 Å². The summed E-state index contributed by atoms with van der Waals surface area (Å²) in [6.07, 6.45) is 0. The zero-order valence-corrected chi connectivity index (χ0v) is 14.3. The van der Waals surface area contributed by atoms with Gasteiger partial charge in [0.1, 0.15) is 0 Å². The Morgan fingerprint density at radius 3 is 2.91 bits per heavy atom. The lowest BCUT2D eigenvalue weighted by molar-refractivity contribution is -0.139. The number of aromatic nitrogens is 2. The number of esters is 1. The minimum atomic E-state index is -0.311. The van der Waals surface area contributed by atoms with E-state index in [9.17, 15) is 9.59 Å². The number of nitrogens with two attached hydrogens (primary N) is 1. The normalized spacial score (nSPS) is 10.3. The summed E-state index contributed by atoms with van der Waals surface area (Å²) < 4.78 is 5.41. The highest BCUT2D eigenvalue weighted by molar-refractivity contribution is 8.01. The number of nitrogens with one attached hydrogen (secondary N) is 1. The van der Waals surface area contributed by atoms with Gasteiger partial charge in [-0.3, -0.25) is 14.9 Å². The molecule has 1 heterocycles. The molecule has 1 amide bonds. The largest absolute Gasteiger partial charge is 0.465 e. The van der Waals surface area contributed by atoms with Gasteiger partial charge in [-0.2, -0.15) is 0 Å². The number of carbonyl (C=O) groups excluding carboxylic acids is 2. The van der Waals surface area contributed by atoms with Crippen molar-refractivity contribution in [1.29, 1.82) is 0 Å². The van der Waals surface area contributed by atoms with Gasteiger partial charge in [-0.15, -0.1) is 10.2 Å². The smallest absolute Gasteiger partial charge is 0.316 e. The van der Waals surface area contributed by atoms with E-state index < -0.39 is 0 Å². The van der Waals surface area contributed by atoms with Crippen LogP contribution in [0.15, 0.2) is 22.5 Å². The fraction of sp³-hybridized carbons (Fsp3) is 0.286. The Labute approximate surface area is 141 Å². The average Bonchev–Trinajstić information content (AvgIpc) is 2.95.